The Morgan fingerprint density at radius 2 is 2.29 bits per heavy atom. The van der Waals surface area contributed by atoms with E-state index in [1.807, 2.05) is 6.08 Å². The highest BCUT2D eigenvalue weighted by molar-refractivity contribution is 14.2. The van der Waals surface area contributed by atoms with Crippen molar-refractivity contribution in [3.8, 4) is 0 Å². The number of allylic oxidation sites excluding steroid dienone is 5. The number of likely N-dealkylation sites (N-methyl/N-ethyl adjacent to an activating group) is 1. The van der Waals surface area contributed by atoms with Gasteiger partial charge in [-0.3, -0.25) is 0 Å². The summed E-state index contributed by atoms with van der Waals surface area (Å²) in [5.41, 5.74) is 2.75. The van der Waals surface area contributed by atoms with E-state index in [4.69, 9.17) is 11.6 Å². The van der Waals surface area contributed by atoms with Crippen LogP contribution >= 0.6 is 32.3 Å². The fraction of sp³-hybridized carbons (Fsp3) is 0.462. The first-order chi connectivity index (χ1) is 8.29. The summed E-state index contributed by atoms with van der Waals surface area (Å²) in [7, 11) is 0. The molecule has 1 heterocycles. The van der Waals surface area contributed by atoms with Gasteiger partial charge in [0.05, 0.1) is 6.54 Å². The Labute approximate surface area is 118 Å². The number of nitrogens with zero attached hydrogens (tertiary/aromatic N) is 1. The fourth-order valence-electron chi connectivity index (χ4n) is 1.95. The van der Waals surface area contributed by atoms with Crippen LogP contribution in [-0.2, 0) is 0 Å². The largest absolute Gasteiger partial charge is 0.369 e. The summed E-state index contributed by atoms with van der Waals surface area (Å²) < 4.78 is 3.53. The lowest BCUT2D eigenvalue weighted by atomic mass is 10.1. The average molecular weight is 365 g/mol. The van der Waals surface area contributed by atoms with Gasteiger partial charge in [0.15, 0.2) is 0 Å². The van der Waals surface area contributed by atoms with Crippen LogP contribution in [0.3, 0.4) is 0 Å². The van der Waals surface area contributed by atoms with Crippen molar-refractivity contribution in [2.45, 2.75) is 19.8 Å². The van der Waals surface area contributed by atoms with Gasteiger partial charge >= 0.3 is 0 Å². The normalized spacial score (nSPS) is 19.5. The number of hydrogen-bond acceptors (Lipinski definition) is 2. The van der Waals surface area contributed by atoms with Gasteiger partial charge in [0.2, 0.25) is 0 Å². The number of hydrogen-bond donors (Lipinski definition) is 1. The Bertz CT molecular complexity index is 396. The summed E-state index contributed by atoms with van der Waals surface area (Å²) in [5.74, 6) is 0. The maximum absolute atomic E-state index is 5.99. The lowest BCUT2D eigenvalue weighted by molar-refractivity contribution is 0.372. The van der Waals surface area contributed by atoms with E-state index in [0.29, 0.717) is 0 Å². The first-order valence-corrected chi connectivity index (χ1v) is 9.09. The van der Waals surface area contributed by atoms with Crippen LogP contribution in [0.1, 0.15) is 19.8 Å². The minimum Gasteiger partial charge on any atom is -0.369 e. The van der Waals surface area contributed by atoms with Gasteiger partial charge in [-0.15, -0.1) is 20.7 Å². The lowest BCUT2D eigenvalue weighted by Gasteiger charge is -2.29. The second-order valence-corrected chi connectivity index (χ2v) is 6.95. The zero-order chi connectivity index (χ0) is 12.1. The molecule has 0 radical (unpaired) electrons. The third-order valence-electron chi connectivity index (χ3n) is 2.96. The van der Waals surface area contributed by atoms with Crippen LogP contribution in [-0.4, -0.2) is 26.6 Å². The molecule has 2 aliphatic rings. The van der Waals surface area contributed by atoms with Crippen LogP contribution in [0.25, 0.3) is 0 Å². The monoisotopic (exact) mass is 364 g/mol. The molecule has 4 heteroatoms. The Morgan fingerprint density at radius 3 is 2.88 bits per heavy atom. The van der Waals surface area contributed by atoms with E-state index in [1.165, 1.54) is 15.8 Å². The van der Waals surface area contributed by atoms with Crippen LogP contribution in [0.15, 0.2) is 34.7 Å². The predicted molar refractivity (Wildman–Crippen MR) is 84.7 cm³/mol. The molecule has 1 aliphatic carbocycles. The number of nitrogens with one attached hydrogen (secondary N) is 1. The highest BCUT2D eigenvalue weighted by atomic mass is 127. The van der Waals surface area contributed by atoms with Gasteiger partial charge in [0, 0.05) is 31.5 Å². The molecule has 0 spiro atoms. The molecule has 0 amide bonds. The third kappa shape index (κ3) is 3.85. The summed E-state index contributed by atoms with van der Waals surface area (Å²) in [6, 6.07) is 0. The molecule has 0 unspecified atom stereocenters. The molecule has 0 fully saturated rings. The quantitative estimate of drug-likeness (QED) is 0.608. The molecular weight excluding hydrogens is 347 g/mol. The summed E-state index contributed by atoms with van der Waals surface area (Å²) in [6.45, 7) is 4.25. The fourth-order valence-corrected chi connectivity index (χ4v) is 3.76. The van der Waals surface area contributed by atoms with E-state index in [0.717, 1.165) is 31.0 Å². The highest BCUT2D eigenvalue weighted by Gasteiger charge is 2.12. The molecule has 94 valence electrons. The van der Waals surface area contributed by atoms with Gasteiger partial charge in [-0.2, -0.15) is 0 Å². The van der Waals surface area contributed by atoms with Crippen LogP contribution in [0, 0.1) is 0 Å². The van der Waals surface area contributed by atoms with Crippen LogP contribution in [0.4, 0.5) is 0 Å². The third-order valence-corrected chi connectivity index (χ3v) is 4.97. The van der Waals surface area contributed by atoms with E-state index in [2.05, 4.69) is 33.4 Å². The SMILES string of the molecule is CCN(CC1=CCI=CN1)C1=CC=C(Cl)CC1. The molecule has 2 rings (SSSR count). The second kappa shape index (κ2) is 6.59. The van der Waals surface area contributed by atoms with E-state index in [1.54, 1.807) is 0 Å². The average Bonchev–Trinajstić information content (AvgIpc) is 2.38. The van der Waals surface area contributed by atoms with Crippen molar-refractivity contribution >= 4 is 36.5 Å². The maximum Gasteiger partial charge on any atom is 0.0573 e. The lowest BCUT2D eigenvalue weighted by Crippen LogP contribution is -2.30. The molecule has 2 nitrogen and oxygen atoms in total. The summed E-state index contributed by atoms with van der Waals surface area (Å²) in [4.78, 5) is 2.43. The van der Waals surface area contributed by atoms with Gasteiger partial charge in [-0.1, -0.05) is 17.7 Å². The first kappa shape index (κ1) is 13.1. The van der Waals surface area contributed by atoms with Gasteiger partial charge in [-0.25, -0.2) is 0 Å². The molecular formula is C13H18ClIN2. The first-order valence-electron chi connectivity index (χ1n) is 5.94. The van der Waals surface area contributed by atoms with Gasteiger partial charge in [0.1, 0.15) is 0 Å². The van der Waals surface area contributed by atoms with Crippen LogP contribution < -0.4 is 5.32 Å². The molecule has 0 saturated heterocycles. The summed E-state index contributed by atoms with van der Waals surface area (Å²) in [6.07, 6.45) is 8.59. The molecule has 0 aromatic carbocycles. The Kier molecular flexibility index (Phi) is 5.10. The van der Waals surface area contributed by atoms with E-state index < -0.39 is 0 Å². The molecule has 0 saturated carbocycles. The zero-order valence-electron chi connectivity index (χ0n) is 10.0. The van der Waals surface area contributed by atoms with Gasteiger partial charge in [0.25, 0.3) is 0 Å². The summed E-state index contributed by atoms with van der Waals surface area (Å²) >= 11 is 6.26. The second-order valence-electron chi connectivity index (χ2n) is 4.08. The van der Waals surface area contributed by atoms with Crippen molar-refractivity contribution in [2.24, 2.45) is 0 Å². The Hall–Kier alpha value is -0.290. The number of halogens is 2. The molecule has 1 N–H and O–H groups in total. The smallest absolute Gasteiger partial charge is 0.0573 e. The predicted octanol–water partition coefficient (Wildman–Crippen LogP) is 3.33. The van der Waals surface area contributed by atoms with E-state index in [9.17, 15) is 0 Å². The molecule has 17 heavy (non-hydrogen) atoms. The van der Waals surface area contributed by atoms with Gasteiger partial charge < -0.3 is 10.2 Å². The van der Waals surface area contributed by atoms with Crippen molar-refractivity contribution in [1.29, 1.82) is 0 Å². The zero-order valence-corrected chi connectivity index (χ0v) is 13.0. The molecule has 0 bridgehead atoms. The molecule has 0 aromatic heterocycles. The highest BCUT2D eigenvalue weighted by Crippen LogP contribution is 2.24. The van der Waals surface area contributed by atoms with Gasteiger partial charge in [-0.05, 0) is 31.9 Å². The minimum atomic E-state index is 0.263. The van der Waals surface area contributed by atoms with E-state index >= 15 is 0 Å². The van der Waals surface area contributed by atoms with Crippen LogP contribution in [0.2, 0.25) is 0 Å². The number of rotatable bonds is 4. The van der Waals surface area contributed by atoms with Crippen molar-refractivity contribution < 1.29 is 0 Å². The minimum absolute atomic E-state index is 0.263. The summed E-state index contributed by atoms with van der Waals surface area (Å²) in [5, 5.41) is 4.38. The maximum atomic E-state index is 5.99. The Balaban J connectivity index is 1.99. The molecule has 1 aliphatic heterocycles. The topological polar surface area (TPSA) is 15.3 Å². The van der Waals surface area contributed by atoms with Crippen molar-refractivity contribution in [3.05, 3.63) is 34.7 Å². The number of alkyl halides is 1. The Morgan fingerprint density at radius 1 is 1.41 bits per heavy atom. The van der Waals surface area contributed by atoms with Crippen LogP contribution in [0.5, 0.6) is 0 Å². The standard InChI is InChI=1S/C13H18ClIN2/c1-2-17(9-12-7-8-15-10-16-12)13-5-3-11(14)4-6-13/h3,5,7,10,16H,2,4,6,8-9H2,1H3. The molecule has 0 atom stereocenters. The molecule has 0 aromatic rings. The van der Waals surface area contributed by atoms with Crippen molar-refractivity contribution in [2.75, 3.05) is 17.5 Å². The van der Waals surface area contributed by atoms with Crippen molar-refractivity contribution in [1.82, 2.24) is 10.2 Å². The van der Waals surface area contributed by atoms with E-state index in [-0.39, 0.29) is 20.7 Å². The van der Waals surface area contributed by atoms with Crippen molar-refractivity contribution in [3.63, 3.8) is 0 Å².